The number of nitrogens with one attached hydrogen (secondary N) is 1. The Bertz CT molecular complexity index is 1300. The molecule has 33 heavy (non-hydrogen) atoms. The lowest BCUT2D eigenvalue weighted by molar-refractivity contribution is -0.139. The van der Waals surface area contributed by atoms with Crippen LogP contribution in [0.4, 0.5) is 9.18 Å². The van der Waals surface area contributed by atoms with Gasteiger partial charge >= 0.3 is 12.1 Å². The van der Waals surface area contributed by atoms with Gasteiger partial charge in [0, 0.05) is 11.8 Å². The van der Waals surface area contributed by atoms with Crippen molar-refractivity contribution in [1.82, 2.24) is 5.32 Å². The molecule has 4 aromatic rings. The molecular formula is C26H22FNO5. The summed E-state index contributed by atoms with van der Waals surface area (Å²) in [6.45, 7) is 1.78. The Morgan fingerprint density at radius 2 is 1.79 bits per heavy atom. The van der Waals surface area contributed by atoms with Gasteiger partial charge in [-0.2, -0.15) is 0 Å². The first-order chi connectivity index (χ1) is 15.9. The molecule has 0 aliphatic heterocycles. The fraction of sp³-hybridized carbons (Fsp3) is 0.154. The normalized spacial score (nSPS) is 11.8. The number of carbonyl (C=O) groups excluding carboxylic acids is 1. The number of carboxylic acids is 1. The highest BCUT2D eigenvalue weighted by Gasteiger charge is 2.21. The highest BCUT2D eigenvalue weighted by Crippen LogP contribution is 2.27. The first-order valence-electron chi connectivity index (χ1n) is 10.4. The van der Waals surface area contributed by atoms with Crippen LogP contribution < -0.4 is 5.32 Å². The predicted octanol–water partition coefficient (Wildman–Crippen LogP) is 5.47. The number of rotatable bonds is 7. The summed E-state index contributed by atoms with van der Waals surface area (Å²) >= 11 is 0. The van der Waals surface area contributed by atoms with Crippen LogP contribution in [-0.4, -0.2) is 23.2 Å². The maximum absolute atomic E-state index is 13.5. The van der Waals surface area contributed by atoms with Crippen LogP contribution in [0.5, 0.6) is 0 Å². The van der Waals surface area contributed by atoms with Crippen LogP contribution in [0.2, 0.25) is 0 Å². The molecule has 1 heterocycles. The Kier molecular flexibility index (Phi) is 6.40. The van der Waals surface area contributed by atoms with Gasteiger partial charge in [0.05, 0.1) is 0 Å². The van der Waals surface area contributed by atoms with Gasteiger partial charge in [-0.1, -0.05) is 48.0 Å². The second kappa shape index (κ2) is 9.56. The van der Waals surface area contributed by atoms with Crippen LogP contribution in [0.25, 0.3) is 22.1 Å². The monoisotopic (exact) mass is 447 g/mol. The number of hydrogen-bond acceptors (Lipinski definition) is 4. The maximum atomic E-state index is 13.5. The van der Waals surface area contributed by atoms with Crippen molar-refractivity contribution in [3.63, 3.8) is 0 Å². The number of aryl methyl sites for hydroxylation is 1. The van der Waals surface area contributed by atoms with E-state index < -0.39 is 18.1 Å². The van der Waals surface area contributed by atoms with Crippen molar-refractivity contribution in [2.24, 2.45) is 0 Å². The highest BCUT2D eigenvalue weighted by molar-refractivity contribution is 5.84. The largest absolute Gasteiger partial charge is 0.480 e. The first kappa shape index (κ1) is 22.1. The average molecular weight is 447 g/mol. The molecule has 1 aromatic heterocycles. The number of hydrogen-bond donors (Lipinski definition) is 2. The van der Waals surface area contributed by atoms with Crippen molar-refractivity contribution in [3.8, 4) is 11.1 Å². The highest BCUT2D eigenvalue weighted by atomic mass is 19.1. The van der Waals surface area contributed by atoms with E-state index in [4.69, 9.17) is 9.15 Å². The van der Waals surface area contributed by atoms with Gasteiger partial charge in [-0.05, 0) is 53.9 Å². The maximum Gasteiger partial charge on any atom is 0.408 e. The van der Waals surface area contributed by atoms with Crippen molar-refractivity contribution >= 4 is 23.0 Å². The molecule has 0 bridgehead atoms. The van der Waals surface area contributed by atoms with E-state index in [2.05, 4.69) is 5.32 Å². The van der Waals surface area contributed by atoms with E-state index >= 15 is 0 Å². The molecule has 0 saturated carbocycles. The molecule has 1 atom stereocenters. The van der Waals surface area contributed by atoms with E-state index in [1.165, 1.54) is 12.1 Å². The number of amides is 1. The summed E-state index contributed by atoms with van der Waals surface area (Å²) in [5, 5.41) is 12.6. The molecule has 6 nitrogen and oxygen atoms in total. The molecule has 0 aliphatic rings. The van der Waals surface area contributed by atoms with E-state index in [0.29, 0.717) is 11.3 Å². The number of alkyl carbamates (subject to hydrolysis) is 1. The van der Waals surface area contributed by atoms with Crippen LogP contribution in [0.1, 0.15) is 16.9 Å². The lowest BCUT2D eigenvalue weighted by atomic mass is 10.0. The van der Waals surface area contributed by atoms with E-state index in [-0.39, 0.29) is 18.8 Å². The first-order valence-corrected chi connectivity index (χ1v) is 10.4. The van der Waals surface area contributed by atoms with Gasteiger partial charge in [0.15, 0.2) is 6.61 Å². The Labute approximate surface area is 189 Å². The molecule has 0 spiro atoms. The van der Waals surface area contributed by atoms with Gasteiger partial charge in [-0.3, -0.25) is 0 Å². The molecule has 0 unspecified atom stereocenters. The van der Waals surface area contributed by atoms with E-state index in [1.807, 2.05) is 49.4 Å². The average Bonchev–Trinajstić information content (AvgIpc) is 3.21. The van der Waals surface area contributed by atoms with Gasteiger partial charge in [0.1, 0.15) is 23.2 Å². The number of benzene rings is 3. The van der Waals surface area contributed by atoms with Gasteiger partial charge in [0.2, 0.25) is 0 Å². The summed E-state index contributed by atoms with van der Waals surface area (Å²) in [6.07, 6.45) is -0.714. The van der Waals surface area contributed by atoms with Gasteiger partial charge in [-0.25, -0.2) is 14.0 Å². The summed E-state index contributed by atoms with van der Waals surface area (Å²) in [6, 6.07) is 19.8. The molecule has 0 aliphatic carbocycles. The fourth-order valence-electron chi connectivity index (χ4n) is 3.50. The van der Waals surface area contributed by atoms with Gasteiger partial charge in [-0.15, -0.1) is 0 Å². The van der Waals surface area contributed by atoms with Crippen molar-refractivity contribution in [3.05, 3.63) is 95.5 Å². The zero-order valence-electron chi connectivity index (χ0n) is 17.9. The molecule has 0 saturated heterocycles. The number of carbonyl (C=O) groups is 2. The van der Waals surface area contributed by atoms with E-state index in [9.17, 15) is 19.1 Å². The second-order valence-corrected chi connectivity index (χ2v) is 7.78. The molecule has 168 valence electrons. The van der Waals surface area contributed by atoms with Crippen molar-refractivity contribution in [2.45, 2.75) is 26.0 Å². The quantitative estimate of drug-likeness (QED) is 0.392. The summed E-state index contributed by atoms with van der Waals surface area (Å²) in [4.78, 5) is 23.7. The van der Waals surface area contributed by atoms with E-state index in [0.717, 1.165) is 27.6 Å². The van der Waals surface area contributed by atoms with Crippen LogP contribution in [0, 0.1) is 12.7 Å². The molecule has 3 aromatic carbocycles. The second-order valence-electron chi connectivity index (χ2n) is 7.78. The minimum Gasteiger partial charge on any atom is -0.480 e. The number of aliphatic carboxylic acids is 1. The minimum absolute atomic E-state index is 0.137. The third kappa shape index (κ3) is 5.57. The number of ether oxygens (including phenoxy) is 1. The third-order valence-electron chi connectivity index (χ3n) is 5.22. The number of furan rings is 1. The molecule has 4 rings (SSSR count). The van der Waals surface area contributed by atoms with Crippen molar-refractivity contribution in [2.75, 3.05) is 0 Å². The molecule has 7 heteroatoms. The smallest absolute Gasteiger partial charge is 0.408 e. The van der Waals surface area contributed by atoms with Crippen LogP contribution in [0.3, 0.4) is 0 Å². The Morgan fingerprint density at radius 1 is 1.03 bits per heavy atom. The summed E-state index contributed by atoms with van der Waals surface area (Å²) in [5.74, 6) is -1.06. The van der Waals surface area contributed by atoms with Gasteiger partial charge < -0.3 is 19.6 Å². The number of halogens is 1. The third-order valence-corrected chi connectivity index (χ3v) is 5.22. The number of carboxylic acid groups (broad SMARTS) is 1. The Morgan fingerprint density at radius 3 is 2.52 bits per heavy atom. The standard InChI is InChI=1S/C26H22FNO5/c1-16-5-7-17(8-6-16)11-23(25(29)30)28-26(31)32-15-22-14-20-12-19(9-10-24(20)33-22)18-3-2-4-21(27)13-18/h2-10,12-14,23H,11,15H2,1H3,(H,28,31)(H,29,30)/t23-/m0/s1. The topological polar surface area (TPSA) is 88.8 Å². The molecule has 2 N–H and O–H groups in total. The zero-order chi connectivity index (χ0) is 23.4. The van der Waals surface area contributed by atoms with Gasteiger partial charge in [0.25, 0.3) is 0 Å². The summed E-state index contributed by atoms with van der Waals surface area (Å²) in [5.41, 5.74) is 4.01. The number of fused-ring (bicyclic) bond motifs is 1. The Hall–Kier alpha value is -4.13. The molecule has 0 radical (unpaired) electrons. The van der Waals surface area contributed by atoms with E-state index in [1.54, 1.807) is 18.2 Å². The van der Waals surface area contributed by atoms with Crippen molar-refractivity contribution in [1.29, 1.82) is 0 Å². The SMILES string of the molecule is Cc1ccc(C[C@H](NC(=O)OCc2cc3cc(-c4cccc(F)c4)ccc3o2)C(=O)O)cc1. The zero-order valence-corrected chi connectivity index (χ0v) is 17.9. The minimum atomic E-state index is -1.15. The molecule has 1 amide bonds. The molecule has 0 fully saturated rings. The Balaban J connectivity index is 1.39. The predicted molar refractivity (Wildman–Crippen MR) is 121 cm³/mol. The van der Waals surface area contributed by atoms with Crippen LogP contribution in [-0.2, 0) is 22.6 Å². The lowest BCUT2D eigenvalue weighted by Gasteiger charge is -2.14. The molecular weight excluding hydrogens is 425 g/mol. The van der Waals surface area contributed by atoms with Crippen LogP contribution in [0.15, 0.2) is 77.2 Å². The lowest BCUT2D eigenvalue weighted by Crippen LogP contribution is -2.42. The summed E-state index contributed by atoms with van der Waals surface area (Å²) < 4.78 is 24.4. The van der Waals surface area contributed by atoms with Crippen LogP contribution >= 0.6 is 0 Å². The van der Waals surface area contributed by atoms with Crippen molar-refractivity contribution < 1.29 is 28.2 Å². The fourth-order valence-corrected chi connectivity index (χ4v) is 3.50. The summed E-state index contributed by atoms with van der Waals surface area (Å²) in [7, 11) is 0.